The van der Waals surface area contributed by atoms with Crippen LogP contribution in [-0.2, 0) is 11.3 Å². The third kappa shape index (κ3) is 4.10. The molecule has 0 bridgehead atoms. The van der Waals surface area contributed by atoms with Gasteiger partial charge in [0.25, 0.3) is 0 Å². The summed E-state index contributed by atoms with van der Waals surface area (Å²) in [6, 6.07) is 9.78. The Hall–Kier alpha value is -2.44. The van der Waals surface area contributed by atoms with Crippen LogP contribution in [0.3, 0.4) is 0 Å². The molecule has 1 aromatic carbocycles. The molecule has 0 aliphatic carbocycles. The van der Waals surface area contributed by atoms with E-state index in [0.717, 1.165) is 12.0 Å². The number of nitrogens with zero attached hydrogens (tertiary/aromatic N) is 5. The summed E-state index contributed by atoms with van der Waals surface area (Å²) in [6.07, 6.45) is 0.670. The zero-order chi connectivity index (χ0) is 17.2. The van der Waals surface area contributed by atoms with Gasteiger partial charge in [0, 0.05) is 18.7 Å². The van der Waals surface area contributed by atoms with E-state index in [1.54, 1.807) is 9.70 Å². The Bertz CT molecular complexity index is 693. The van der Waals surface area contributed by atoms with Crippen molar-refractivity contribution in [1.82, 2.24) is 25.1 Å². The average Bonchev–Trinajstić information content (AvgIpc) is 3.16. The normalized spacial score (nSPS) is 18.0. The second-order valence-corrected chi connectivity index (χ2v) is 7.11. The fourth-order valence-corrected chi connectivity index (χ4v) is 2.73. The second kappa shape index (κ2) is 6.59. The summed E-state index contributed by atoms with van der Waals surface area (Å²) >= 11 is 0. The number of amides is 1. The van der Waals surface area contributed by atoms with Gasteiger partial charge in [-0.15, -0.1) is 10.2 Å². The molecule has 3 rings (SSSR count). The monoisotopic (exact) mass is 329 g/mol. The van der Waals surface area contributed by atoms with Crippen molar-refractivity contribution in [2.45, 2.75) is 39.3 Å². The third-order valence-electron chi connectivity index (χ3n) is 3.84. The highest BCUT2D eigenvalue weighted by atomic mass is 16.6. The Morgan fingerprint density at radius 3 is 2.75 bits per heavy atom. The Morgan fingerprint density at radius 1 is 1.29 bits per heavy atom. The van der Waals surface area contributed by atoms with Crippen LogP contribution >= 0.6 is 0 Å². The van der Waals surface area contributed by atoms with Crippen molar-refractivity contribution in [3.63, 3.8) is 0 Å². The van der Waals surface area contributed by atoms with Gasteiger partial charge >= 0.3 is 6.09 Å². The first kappa shape index (κ1) is 16.4. The molecule has 128 valence electrons. The number of rotatable bonds is 3. The Morgan fingerprint density at radius 2 is 2.04 bits per heavy atom. The van der Waals surface area contributed by atoms with Gasteiger partial charge in [0.2, 0.25) is 5.82 Å². The fraction of sp³-hybridized carbons (Fsp3) is 0.529. The minimum atomic E-state index is -0.465. The zero-order valence-electron chi connectivity index (χ0n) is 14.3. The number of benzene rings is 1. The van der Waals surface area contributed by atoms with Crippen LogP contribution in [0.4, 0.5) is 4.79 Å². The number of ether oxygens (including phenoxy) is 1. The summed E-state index contributed by atoms with van der Waals surface area (Å²) in [7, 11) is 0. The minimum Gasteiger partial charge on any atom is -0.444 e. The van der Waals surface area contributed by atoms with Crippen LogP contribution < -0.4 is 0 Å². The molecule has 0 radical (unpaired) electrons. The maximum Gasteiger partial charge on any atom is 0.410 e. The Kier molecular flexibility index (Phi) is 4.51. The first-order chi connectivity index (χ1) is 11.4. The van der Waals surface area contributed by atoms with Crippen LogP contribution in [0.5, 0.6) is 0 Å². The number of hydrogen-bond donors (Lipinski definition) is 0. The number of likely N-dealkylation sites (tertiary alicyclic amines) is 1. The average molecular weight is 329 g/mol. The van der Waals surface area contributed by atoms with E-state index in [9.17, 15) is 4.79 Å². The van der Waals surface area contributed by atoms with Crippen molar-refractivity contribution in [2.75, 3.05) is 13.1 Å². The summed E-state index contributed by atoms with van der Waals surface area (Å²) in [5.41, 5.74) is 0.485. The molecule has 2 aromatic rings. The van der Waals surface area contributed by atoms with Gasteiger partial charge in [-0.25, -0.2) is 4.79 Å². The van der Waals surface area contributed by atoms with Crippen LogP contribution in [-0.4, -0.2) is 49.9 Å². The molecule has 1 aliphatic heterocycles. The molecule has 0 N–H and O–H groups in total. The molecule has 1 unspecified atom stereocenters. The summed E-state index contributed by atoms with van der Waals surface area (Å²) in [4.78, 5) is 15.5. The topological polar surface area (TPSA) is 73.1 Å². The predicted molar refractivity (Wildman–Crippen MR) is 89.2 cm³/mol. The van der Waals surface area contributed by atoms with Gasteiger partial charge < -0.3 is 9.64 Å². The maximum atomic E-state index is 12.1. The van der Waals surface area contributed by atoms with Gasteiger partial charge in [0.15, 0.2) is 0 Å². The van der Waals surface area contributed by atoms with Crippen LogP contribution in [0.25, 0.3) is 11.4 Å². The van der Waals surface area contributed by atoms with Gasteiger partial charge in [-0.2, -0.15) is 4.80 Å². The van der Waals surface area contributed by atoms with Crippen molar-refractivity contribution in [1.29, 1.82) is 0 Å². The summed E-state index contributed by atoms with van der Waals surface area (Å²) in [5, 5.41) is 12.7. The van der Waals surface area contributed by atoms with Crippen molar-refractivity contribution >= 4 is 6.09 Å². The molecule has 0 spiro atoms. The van der Waals surface area contributed by atoms with E-state index < -0.39 is 5.60 Å². The lowest BCUT2D eigenvalue weighted by atomic mass is 10.1. The molecule has 1 atom stereocenters. The quantitative estimate of drug-likeness (QED) is 0.865. The molecule has 1 aromatic heterocycles. The van der Waals surface area contributed by atoms with E-state index in [2.05, 4.69) is 15.4 Å². The van der Waals surface area contributed by atoms with Crippen LogP contribution in [0, 0.1) is 5.92 Å². The largest absolute Gasteiger partial charge is 0.444 e. The summed E-state index contributed by atoms with van der Waals surface area (Å²) in [5.74, 6) is 0.938. The SMILES string of the molecule is CC(C)(C)OC(=O)N1CCC(Cn2nnc(-c3ccccc3)n2)C1. The second-order valence-electron chi connectivity index (χ2n) is 7.11. The van der Waals surface area contributed by atoms with Gasteiger partial charge in [0.1, 0.15) is 5.60 Å². The van der Waals surface area contributed by atoms with Crippen molar-refractivity contribution in [3.8, 4) is 11.4 Å². The highest BCUT2D eigenvalue weighted by molar-refractivity contribution is 5.68. The van der Waals surface area contributed by atoms with Crippen LogP contribution in [0.2, 0.25) is 0 Å². The van der Waals surface area contributed by atoms with E-state index in [4.69, 9.17) is 4.74 Å². The molecule has 1 fully saturated rings. The van der Waals surface area contributed by atoms with Gasteiger partial charge in [0.05, 0.1) is 6.54 Å². The van der Waals surface area contributed by atoms with E-state index in [-0.39, 0.29) is 6.09 Å². The van der Waals surface area contributed by atoms with Gasteiger partial charge in [-0.3, -0.25) is 0 Å². The molecule has 0 saturated carbocycles. The summed E-state index contributed by atoms with van der Waals surface area (Å²) in [6.45, 7) is 7.66. The lowest BCUT2D eigenvalue weighted by Crippen LogP contribution is -2.35. The first-order valence-electron chi connectivity index (χ1n) is 8.22. The molecule has 1 aliphatic rings. The van der Waals surface area contributed by atoms with Crippen LogP contribution in [0.15, 0.2) is 30.3 Å². The van der Waals surface area contributed by atoms with Crippen molar-refractivity contribution in [3.05, 3.63) is 30.3 Å². The highest BCUT2D eigenvalue weighted by Gasteiger charge is 2.30. The molecule has 7 heteroatoms. The molecule has 1 saturated heterocycles. The molecular weight excluding hydrogens is 306 g/mol. The van der Waals surface area contributed by atoms with E-state index >= 15 is 0 Å². The number of carbonyl (C=O) groups is 1. The Labute approximate surface area is 141 Å². The molecule has 7 nitrogen and oxygen atoms in total. The van der Waals surface area contributed by atoms with Gasteiger partial charge in [-0.1, -0.05) is 30.3 Å². The first-order valence-corrected chi connectivity index (χ1v) is 8.22. The van der Waals surface area contributed by atoms with E-state index in [0.29, 0.717) is 31.4 Å². The van der Waals surface area contributed by atoms with Gasteiger partial charge in [-0.05, 0) is 38.3 Å². The highest BCUT2D eigenvalue weighted by Crippen LogP contribution is 2.21. The number of tetrazole rings is 1. The minimum absolute atomic E-state index is 0.249. The van der Waals surface area contributed by atoms with Crippen molar-refractivity contribution in [2.24, 2.45) is 5.92 Å². The molecule has 1 amide bonds. The number of hydrogen-bond acceptors (Lipinski definition) is 5. The third-order valence-corrected chi connectivity index (χ3v) is 3.84. The van der Waals surface area contributed by atoms with Crippen molar-refractivity contribution < 1.29 is 9.53 Å². The van der Waals surface area contributed by atoms with E-state index in [1.807, 2.05) is 51.1 Å². The molecule has 2 heterocycles. The lowest BCUT2D eigenvalue weighted by molar-refractivity contribution is 0.0286. The zero-order valence-corrected chi connectivity index (χ0v) is 14.3. The van der Waals surface area contributed by atoms with Crippen LogP contribution in [0.1, 0.15) is 27.2 Å². The Balaban J connectivity index is 1.56. The lowest BCUT2D eigenvalue weighted by Gasteiger charge is -2.24. The van der Waals surface area contributed by atoms with E-state index in [1.165, 1.54) is 0 Å². The number of aromatic nitrogens is 4. The molecular formula is C17H23N5O2. The smallest absolute Gasteiger partial charge is 0.410 e. The number of carbonyl (C=O) groups excluding carboxylic acids is 1. The molecule has 24 heavy (non-hydrogen) atoms. The standard InChI is InChI=1S/C17H23N5O2/c1-17(2,3)24-16(23)21-10-9-13(11-21)12-22-19-15(18-20-22)14-7-5-4-6-8-14/h4-8,13H,9-12H2,1-3H3. The summed E-state index contributed by atoms with van der Waals surface area (Å²) < 4.78 is 5.42. The predicted octanol–water partition coefficient (Wildman–Crippen LogP) is 2.60. The fourth-order valence-electron chi connectivity index (χ4n) is 2.73. The maximum absolute atomic E-state index is 12.1.